The molecule has 252 valence electrons. The monoisotopic (exact) mass is 687 g/mol. The average molecular weight is 688 g/mol. The van der Waals surface area contributed by atoms with E-state index in [2.05, 4.69) is 187 Å². The van der Waals surface area contributed by atoms with E-state index in [1.165, 1.54) is 77.2 Å². The third-order valence-electron chi connectivity index (χ3n) is 11.0. The fraction of sp³-hybridized carbons (Fsp3) is 0.0196. The van der Waals surface area contributed by atoms with Gasteiger partial charge in [0.1, 0.15) is 0 Å². The fourth-order valence-corrected chi connectivity index (χ4v) is 8.37. The molecule has 0 N–H and O–H groups in total. The van der Waals surface area contributed by atoms with Crippen LogP contribution < -0.4 is 0 Å². The second-order valence-corrected chi connectivity index (χ2v) is 14.2. The number of aromatic nitrogens is 3. The molecule has 0 saturated carbocycles. The number of nitrogens with zero attached hydrogens (tertiary/aromatic N) is 3. The van der Waals surface area contributed by atoms with E-state index in [1.807, 2.05) is 6.07 Å². The zero-order chi connectivity index (χ0) is 35.6. The van der Waals surface area contributed by atoms with Crippen LogP contribution in [-0.4, -0.2) is 14.5 Å². The zero-order valence-corrected chi connectivity index (χ0v) is 29.4. The minimum atomic E-state index is 0.753. The first-order chi connectivity index (χ1) is 26.7. The van der Waals surface area contributed by atoms with Crippen molar-refractivity contribution in [2.45, 2.75) is 6.42 Å². The highest BCUT2D eigenvalue weighted by Gasteiger charge is 2.26. The standard InChI is InChI=1S/C51H33N3/c1-3-11-33(12-4-1)34-19-21-35(22-20-34)49-46-32-41-30-39(26-28-43(41)50(46)53-51(52-49)36-13-5-2-6-14-36)37-23-24-40-31-42(27-25-38(40)29-37)54-47-17-9-7-15-44(47)45-16-8-10-18-48(45)54/h1-31H,32H2. The van der Waals surface area contributed by atoms with Crippen LogP contribution in [0.1, 0.15) is 11.1 Å². The van der Waals surface area contributed by atoms with E-state index in [0.29, 0.717) is 0 Å². The highest BCUT2D eigenvalue weighted by atomic mass is 15.0. The maximum absolute atomic E-state index is 5.23. The minimum Gasteiger partial charge on any atom is -0.309 e. The molecule has 8 aromatic carbocycles. The fourth-order valence-electron chi connectivity index (χ4n) is 8.37. The van der Waals surface area contributed by atoms with Gasteiger partial charge in [0, 0.05) is 45.1 Å². The summed E-state index contributed by atoms with van der Waals surface area (Å²) < 4.78 is 2.38. The molecular weight excluding hydrogens is 655 g/mol. The first-order valence-corrected chi connectivity index (χ1v) is 18.5. The zero-order valence-electron chi connectivity index (χ0n) is 29.4. The molecule has 0 atom stereocenters. The van der Waals surface area contributed by atoms with Crippen LogP contribution in [0.15, 0.2) is 188 Å². The molecule has 3 heteroatoms. The molecule has 0 fully saturated rings. The lowest BCUT2D eigenvalue weighted by Crippen LogP contribution is -1.99. The summed E-state index contributed by atoms with van der Waals surface area (Å²) in [5.74, 6) is 0.753. The van der Waals surface area contributed by atoms with Gasteiger partial charge in [-0.2, -0.15) is 0 Å². The lowest BCUT2D eigenvalue weighted by molar-refractivity contribution is 1.13. The lowest BCUT2D eigenvalue weighted by Gasteiger charge is -2.12. The Morgan fingerprint density at radius 1 is 0.389 bits per heavy atom. The van der Waals surface area contributed by atoms with Crippen LogP contribution in [0.5, 0.6) is 0 Å². The van der Waals surface area contributed by atoms with Gasteiger partial charge in [-0.05, 0) is 68.9 Å². The summed E-state index contributed by atoms with van der Waals surface area (Å²) in [7, 11) is 0. The summed E-state index contributed by atoms with van der Waals surface area (Å²) >= 11 is 0. The van der Waals surface area contributed by atoms with Crippen molar-refractivity contribution >= 4 is 32.6 Å². The number of benzene rings is 8. The average Bonchev–Trinajstić information content (AvgIpc) is 3.79. The molecule has 0 radical (unpaired) electrons. The van der Waals surface area contributed by atoms with Crippen LogP contribution >= 0.6 is 0 Å². The Bertz CT molecular complexity index is 3000. The molecule has 0 saturated heterocycles. The predicted octanol–water partition coefficient (Wildman–Crippen LogP) is 13.0. The van der Waals surface area contributed by atoms with Gasteiger partial charge >= 0.3 is 0 Å². The summed E-state index contributed by atoms with van der Waals surface area (Å²) in [5.41, 5.74) is 16.2. The molecule has 2 heterocycles. The van der Waals surface area contributed by atoms with Gasteiger partial charge in [-0.25, -0.2) is 9.97 Å². The number of hydrogen-bond donors (Lipinski definition) is 0. The quantitative estimate of drug-likeness (QED) is 0.180. The van der Waals surface area contributed by atoms with E-state index in [4.69, 9.17) is 9.97 Å². The minimum absolute atomic E-state index is 0.753. The number of para-hydroxylation sites is 2. The smallest absolute Gasteiger partial charge is 0.160 e. The maximum Gasteiger partial charge on any atom is 0.160 e. The largest absolute Gasteiger partial charge is 0.309 e. The van der Waals surface area contributed by atoms with Gasteiger partial charge in [0.25, 0.3) is 0 Å². The molecule has 0 spiro atoms. The second-order valence-electron chi connectivity index (χ2n) is 14.2. The van der Waals surface area contributed by atoms with Crippen LogP contribution in [0, 0.1) is 0 Å². The molecule has 0 bridgehead atoms. The van der Waals surface area contributed by atoms with Crippen molar-refractivity contribution in [2.75, 3.05) is 0 Å². The summed E-state index contributed by atoms with van der Waals surface area (Å²) in [6, 6.07) is 67.6. The van der Waals surface area contributed by atoms with Crippen LogP contribution in [0.25, 0.3) is 94.4 Å². The first kappa shape index (κ1) is 30.5. The Hall–Kier alpha value is -7.10. The Morgan fingerprint density at radius 3 is 1.67 bits per heavy atom. The van der Waals surface area contributed by atoms with Crippen molar-refractivity contribution in [1.82, 2.24) is 14.5 Å². The Morgan fingerprint density at radius 2 is 0.926 bits per heavy atom. The summed E-state index contributed by atoms with van der Waals surface area (Å²) in [6.07, 6.45) is 0.791. The van der Waals surface area contributed by atoms with Crippen LogP contribution in [-0.2, 0) is 6.42 Å². The molecule has 1 aliphatic carbocycles. The number of fused-ring (bicyclic) bond motifs is 7. The molecule has 1 aliphatic rings. The van der Waals surface area contributed by atoms with E-state index >= 15 is 0 Å². The third-order valence-corrected chi connectivity index (χ3v) is 11.0. The molecule has 10 aromatic rings. The third kappa shape index (κ3) is 4.97. The SMILES string of the molecule is c1ccc(-c2ccc(-c3nc(-c4ccccc4)nc4c3Cc3cc(-c5ccc6cc(-n7c8ccccc8c8ccccc87)ccc6c5)ccc3-4)cc2)cc1. The maximum atomic E-state index is 5.23. The molecule has 0 aliphatic heterocycles. The highest BCUT2D eigenvalue weighted by molar-refractivity contribution is 6.09. The molecule has 0 amide bonds. The van der Waals surface area contributed by atoms with Crippen molar-refractivity contribution in [3.05, 3.63) is 199 Å². The van der Waals surface area contributed by atoms with Crippen molar-refractivity contribution in [3.8, 4) is 61.8 Å². The van der Waals surface area contributed by atoms with Crippen molar-refractivity contribution < 1.29 is 0 Å². The van der Waals surface area contributed by atoms with Crippen molar-refractivity contribution in [1.29, 1.82) is 0 Å². The highest BCUT2D eigenvalue weighted by Crippen LogP contribution is 2.43. The summed E-state index contributed by atoms with van der Waals surface area (Å²) in [4.78, 5) is 10.4. The lowest BCUT2D eigenvalue weighted by atomic mass is 9.97. The van der Waals surface area contributed by atoms with Crippen LogP contribution in [0.2, 0.25) is 0 Å². The normalized spacial score (nSPS) is 12.0. The summed E-state index contributed by atoms with van der Waals surface area (Å²) in [5, 5.41) is 4.99. The van der Waals surface area contributed by atoms with Crippen LogP contribution in [0.4, 0.5) is 0 Å². The molecular formula is C51H33N3. The van der Waals surface area contributed by atoms with E-state index < -0.39 is 0 Å². The first-order valence-electron chi connectivity index (χ1n) is 18.5. The Balaban J connectivity index is 0.967. The van der Waals surface area contributed by atoms with Crippen LogP contribution in [0.3, 0.4) is 0 Å². The number of rotatable bonds is 5. The second kappa shape index (κ2) is 12.3. The molecule has 11 rings (SSSR count). The molecule has 54 heavy (non-hydrogen) atoms. The van der Waals surface area contributed by atoms with Gasteiger partial charge in [-0.15, -0.1) is 0 Å². The van der Waals surface area contributed by atoms with Crippen molar-refractivity contribution in [2.24, 2.45) is 0 Å². The van der Waals surface area contributed by atoms with Gasteiger partial charge < -0.3 is 4.57 Å². The number of hydrogen-bond acceptors (Lipinski definition) is 2. The van der Waals surface area contributed by atoms with E-state index in [1.54, 1.807) is 0 Å². The molecule has 2 aromatic heterocycles. The van der Waals surface area contributed by atoms with E-state index in [-0.39, 0.29) is 0 Å². The van der Waals surface area contributed by atoms with Gasteiger partial charge in [0.15, 0.2) is 5.82 Å². The Labute approximate surface area is 313 Å². The topological polar surface area (TPSA) is 30.7 Å². The van der Waals surface area contributed by atoms with Gasteiger partial charge in [-0.3, -0.25) is 0 Å². The summed E-state index contributed by atoms with van der Waals surface area (Å²) in [6.45, 7) is 0. The van der Waals surface area contributed by atoms with Gasteiger partial charge in [0.05, 0.1) is 22.4 Å². The van der Waals surface area contributed by atoms with Gasteiger partial charge in [0.2, 0.25) is 0 Å². The van der Waals surface area contributed by atoms with E-state index in [0.717, 1.165) is 34.8 Å². The van der Waals surface area contributed by atoms with Gasteiger partial charge in [-0.1, -0.05) is 158 Å². The van der Waals surface area contributed by atoms with Crippen molar-refractivity contribution in [3.63, 3.8) is 0 Å². The predicted molar refractivity (Wildman–Crippen MR) is 224 cm³/mol. The molecule has 0 unspecified atom stereocenters. The van der Waals surface area contributed by atoms with E-state index in [9.17, 15) is 0 Å². The Kier molecular flexibility index (Phi) is 6.93. The molecule has 3 nitrogen and oxygen atoms in total.